The van der Waals surface area contributed by atoms with Gasteiger partial charge in [0.1, 0.15) is 10.1 Å². The van der Waals surface area contributed by atoms with Gasteiger partial charge >= 0.3 is 5.97 Å². The number of benzene rings is 2. The van der Waals surface area contributed by atoms with Gasteiger partial charge in [-0.3, -0.25) is 9.69 Å². The molecule has 1 saturated heterocycles. The number of carboxylic acid groups (broad SMARTS) is 1. The van der Waals surface area contributed by atoms with Crippen molar-refractivity contribution in [2.45, 2.75) is 13.0 Å². The zero-order valence-electron chi connectivity index (χ0n) is 14.5. The van der Waals surface area contributed by atoms with E-state index in [0.717, 1.165) is 28.0 Å². The van der Waals surface area contributed by atoms with Crippen LogP contribution in [0.4, 0.5) is 0 Å². The lowest BCUT2D eigenvalue weighted by atomic mass is 10.1. The average Bonchev–Trinajstić information content (AvgIpc) is 2.92. The Morgan fingerprint density at radius 3 is 2.48 bits per heavy atom. The van der Waals surface area contributed by atoms with Crippen molar-refractivity contribution in [3.05, 3.63) is 70.6 Å². The van der Waals surface area contributed by atoms with Crippen molar-refractivity contribution in [3.63, 3.8) is 0 Å². The standard InChI is InChI=1S/C20H17NO4S2/c1-2-25-15-10-8-13(9-11-15)12-16-18(22)21(20(26)27-16)17(19(23)24)14-6-4-3-5-7-14/h3-12,17H,2H2,1H3,(H,23,24). The predicted molar refractivity (Wildman–Crippen MR) is 109 cm³/mol. The van der Waals surface area contributed by atoms with Crippen molar-refractivity contribution < 1.29 is 19.4 Å². The van der Waals surface area contributed by atoms with E-state index < -0.39 is 17.9 Å². The Bertz CT molecular complexity index is 894. The molecule has 0 aliphatic carbocycles. The number of nitrogens with zero attached hydrogens (tertiary/aromatic N) is 1. The van der Waals surface area contributed by atoms with Crippen molar-refractivity contribution >= 4 is 46.3 Å². The molecule has 1 aliphatic heterocycles. The van der Waals surface area contributed by atoms with Crippen LogP contribution < -0.4 is 4.74 Å². The lowest BCUT2D eigenvalue weighted by Crippen LogP contribution is -2.37. The molecule has 27 heavy (non-hydrogen) atoms. The minimum Gasteiger partial charge on any atom is -0.494 e. The second kappa shape index (κ2) is 8.37. The van der Waals surface area contributed by atoms with Gasteiger partial charge in [0.2, 0.25) is 0 Å². The summed E-state index contributed by atoms with van der Waals surface area (Å²) in [5, 5.41) is 9.68. The molecule has 1 N–H and O–H groups in total. The zero-order valence-corrected chi connectivity index (χ0v) is 16.1. The van der Waals surface area contributed by atoms with Crippen LogP contribution in [0.1, 0.15) is 24.1 Å². The molecular formula is C20H17NO4S2. The summed E-state index contributed by atoms with van der Waals surface area (Å²) in [5.41, 5.74) is 1.31. The Morgan fingerprint density at radius 1 is 1.22 bits per heavy atom. The largest absolute Gasteiger partial charge is 0.494 e. The van der Waals surface area contributed by atoms with Gasteiger partial charge < -0.3 is 9.84 Å². The van der Waals surface area contributed by atoms with Crippen LogP contribution in [-0.4, -0.2) is 32.8 Å². The lowest BCUT2D eigenvalue weighted by Gasteiger charge is -2.23. The first-order chi connectivity index (χ1) is 13.0. The molecule has 2 aromatic carbocycles. The Balaban J connectivity index is 1.88. The van der Waals surface area contributed by atoms with Gasteiger partial charge in [0.25, 0.3) is 5.91 Å². The van der Waals surface area contributed by atoms with E-state index in [2.05, 4.69) is 0 Å². The number of carbonyl (C=O) groups is 2. The summed E-state index contributed by atoms with van der Waals surface area (Å²) in [6.45, 7) is 2.49. The Kier molecular flexibility index (Phi) is 5.93. The number of carbonyl (C=O) groups excluding carboxylic acids is 1. The molecule has 1 heterocycles. The summed E-state index contributed by atoms with van der Waals surface area (Å²) < 4.78 is 5.64. The molecule has 0 spiro atoms. The molecule has 1 atom stereocenters. The third-order valence-electron chi connectivity index (χ3n) is 3.92. The van der Waals surface area contributed by atoms with E-state index in [1.807, 2.05) is 31.2 Å². The van der Waals surface area contributed by atoms with Crippen LogP contribution in [0.3, 0.4) is 0 Å². The molecule has 138 valence electrons. The van der Waals surface area contributed by atoms with Gasteiger partial charge in [-0.1, -0.05) is 66.4 Å². The number of carboxylic acids is 1. The van der Waals surface area contributed by atoms with Gasteiger partial charge in [-0.15, -0.1) is 0 Å². The number of aliphatic carboxylic acids is 1. The molecular weight excluding hydrogens is 382 g/mol. The maximum Gasteiger partial charge on any atom is 0.331 e. The third kappa shape index (κ3) is 4.20. The topological polar surface area (TPSA) is 66.8 Å². The molecule has 0 bridgehead atoms. The minimum absolute atomic E-state index is 0.230. The van der Waals surface area contributed by atoms with Crippen molar-refractivity contribution in [2.75, 3.05) is 6.61 Å². The number of rotatable bonds is 6. The molecule has 0 aromatic heterocycles. The summed E-state index contributed by atoms with van der Waals surface area (Å²) >= 11 is 6.41. The van der Waals surface area contributed by atoms with Gasteiger partial charge in [0, 0.05) is 0 Å². The fourth-order valence-corrected chi connectivity index (χ4v) is 4.03. The molecule has 1 amide bonds. The second-order valence-electron chi connectivity index (χ2n) is 5.71. The maximum absolute atomic E-state index is 12.9. The normalized spacial score (nSPS) is 16.6. The molecule has 3 rings (SSSR count). The van der Waals surface area contributed by atoms with E-state index in [1.54, 1.807) is 36.4 Å². The highest BCUT2D eigenvalue weighted by atomic mass is 32.2. The Hall–Kier alpha value is -2.64. The summed E-state index contributed by atoms with van der Waals surface area (Å²) in [7, 11) is 0. The number of thioether (sulfide) groups is 1. The zero-order chi connectivity index (χ0) is 19.4. The van der Waals surface area contributed by atoms with Gasteiger partial charge in [-0.05, 0) is 36.3 Å². The van der Waals surface area contributed by atoms with Crippen LogP contribution in [0.5, 0.6) is 5.75 Å². The average molecular weight is 399 g/mol. The van der Waals surface area contributed by atoms with Crippen LogP contribution in [0.2, 0.25) is 0 Å². The summed E-state index contributed by atoms with van der Waals surface area (Å²) in [5.74, 6) is -0.785. The van der Waals surface area contributed by atoms with E-state index >= 15 is 0 Å². The first-order valence-corrected chi connectivity index (χ1v) is 9.51. The second-order valence-corrected chi connectivity index (χ2v) is 7.38. The summed E-state index contributed by atoms with van der Waals surface area (Å²) in [6.07, 6.45) is 1.71. The molecule has 1 unspecified atom stereocenters. The predicted octanol–water partition coefficient (Wildman–Crippen LogP) is 4.11. The molecule has 7 heteroatoms. The molecule has 1 aliphatic rings. The smallest absolute Gasteiger partial charge is 0.331 e. The van der Waals surface area contributed by atoms with Crippen LogP contribution in [0.15, 0.2) is 59.5 Å². The quantitative estimate of drug-likeness (QED) is 0.582. The van der Waals surface area contributed by atoms with Crippen LogP contribution in [0, 0.1) is 0 Å². The highest BCUT2D eigenvalue weighted by Gasteiger charge is 2.41. The van der Waals surface area contributed by atoms with Gasteiger partial charge in [-0.2, -0.15) is 0 Å². The Labute approximate surface area is 166 Å². The fraction of sp³-hybridized carbons (Fsp3) is 0.150. The molecule has 1 fully saturated rings. The van der Waals surface area contributed by atoms with Gasteiger partial charge in [-0.25, -0.2) is 4.79 Å². The van der Waals surface area contributed by atoms with E-state index in [0.29, 0.717) is 17.1 Å². The Morgan fingerprint density at radius 2 is 1.89 bits per heavy atom. The van der Waals surface area contributed by atoms with Crippen molar-refractivity contribution in [3.8, 4) is 5.75 Å². The third-order valence-corrected chi connectivity index (χ3v) is 5.25. The number of amides is 1. The number of hydrogen-bond donors (Lipinski definition) is 1. The number of hydrogen-bond acceptors (Lipinski definition) is 5. The number of ether oxygens (including phenoxy) is 1. The van der Waals surface area contributed by atoms with Crippen molar-refractivity contribution in [2.24, 2.45) is 0 Å². The molecule has 0 saturated carbocycles. The lowest BCUT2D eigenvalue weighted by molar-refractivity contribution is -0.145. The van der Waals surface area contributed by atoms with Crippen LogP contribution in [-0.2, 0) is 9.59 Å². The van der Waals surface area contributed by atoms with Gasteiger partial charge in [0.15, 0.2) is 6.04 Å². The SMILES string of the molecule is CCOc1ccc(C=C2SC(=S)N(C(C(=O)O)c3ccccc3)C2=O)cc1. The van der Waals surface area contributed by atoms with E-state index in [1.165, 1.54) is 0 Å². The highest BCUT2D eigenvalue weighted by Crippen LogP contribution is 2.38. The highest BCUT2D eigenvalue weighted by molar-refractivity contribution is 8.26. The van der Waals surface area contributed by atoms with Crippen molar-refractivity contribution in [1.29, 1.82) is 0 Å². The van der Waals surface area contributed by atoms with Crippen LogP contribution in [0.25, 0.3) is 6.08 Å². The first kappa shape index (κ1) is 19.1. The van der Waals surface area contributed by atoms with E-state index in [-0.39, 0.29) is 4.32 Å². The molecule has 5 nitrogen and oxygen atoms in total. The first-order valence-electron chi connectivity index (χ1n) is 8.29. The summed E-state index contributed by atoms with van der Waals surface area (Å²) in [4.78, 5) is 26.3. The van der Waals surface area contributed by atoms with E-state index in [4.69, 9.17) is 17.0 Å². The van der Waals surface area contributed by atoms with Crippen LogP contribution >= 0.6 is 24.0 Å². The van der Waals surface area contributed by atoms with Crippen molar-refractivity contribution in [1.82, 2.24) is 4.90 Å². The maximum atomic E-state index is 12.9. The van der Waals surface area contributed by atoms with E-state index in [9.17, 15) is 14.7 Å². The number of thiocarbonyl (C=S) groups is 1. The molecule has 2 aromatic rings. The monoisotopic (exact) mass is 399 g/mol. The summed E-state index contributed by atoms with van der Waals surface area (Å²) in [6, 6.07) is 14.8. The van der Waals surface area contributed by atoms with Gasteiger partial charge in [0.05, 0.1) is 11.5 Å². The minimum atomic E-state index is -1.15. The fourth-order valence-electron chi connectivity index (χ4n) is 2.72. The molecule has 0 radical (unpaired) electrons.